The molecule has 0 aliphatic rings. The highest BCUT2D eigenvalue weighted by Crippen LogP contribution is 2.21. The highest BCUT2D eigenvalue weighted by molar-refractivity contribution is 9.10. The van der Waals surface area contributed by atoms with Crippen molar-refractivity contribution in [2.45, 2.75) is 19.9 Å². The highest BCUT2D eigenvalue weighted by atomic mass is 79.9. The highest BCUT2D eigenvalue weighted by Gasteiger charge is 2.15. The molecule has 0 aliphatic heterocycles. The fourth-order valence-electron chi connectivity index (χ4n) is 2.20. The standard InChI is InChI=1S/C13H14BrN5O/c1-3-9-12(14)10(17(2)15-9)8-19-13(20)18-7-5-4-6-11(18)16-19/h4-7H,3,8H2,1-2H3. The van der Waals surface area contributed by atoms with Gasteiger partial charge in [-0.3, -0.25) is 9.08 Å². The van der Waals surface area contributed by atoms with Crippen LogP contribution in [0.5, 0.6) is 0 Å². The van der Waals surface area contributed by atoms with Crippen LogP contribution >= 0.6 is 15.9 Å². The third-order valence-electron chi connectivity index (χ3n) is 3.29. The minimum absolute atomic E-state index is 0.147. The van der Waals surface area contributed by atoms with Crippen LogP contribution in [-0.4, -0.2) is 24.0 Å². The first-order chi connectivity index (χ1) is 9.61. The number of pyridine rings is 1. The van der Waals surface area contributed by atoms with Crippen molar-refractivity contribution in [1.82, 2.24) is 24.0 Å². The van der Waals surface area contributed by atoms with E-state index < -0.39 is 0 Å². The molecule has 0 fully saturated rings. The molecule has 6 nitrogen and oxygen atoms in total. The van der Waals surface area contributed by atoms with Crippen LogP contribution < -0.4 is 5.69 Å². The van der Waals surface area contributed by atoms with Crippen LogP contribution in [0.25, 0.3) is 5.65 Å². The second kappa shape index (κ2) is 4.90. The summed E-state index contributed by atoms with van der Waals surface area (Å²) in [6, 6.07) is 5.49. The summed E-state index contributed by atoms with van der Waals surface area (Å²) in [5, 5.41) is 8.76. The number of hydrogen-bond acceptors (Lipinski definition) is 3. The Morgan fingerprint density at radius 3 is 2.75 bits per heavy atom. The summed E-state index contributed by atoms with van der Waals surface area (Å²) in [6.45, 7) is 2.44. The van der Waals surface area contributed by atoms with Gasteiger partial charge in [-0.15, -0.1) is 5.10 Å². The summed E-state index contributed by atoms with van der Waals surface area (Å²) in [7, 11) is 1.88. The van der Waals surface area contributed by atoms with Gasteiger partial charge >= 0.3 is 5.69 Å². The van der Waals surface area contributed by atoms with E-state index in [-0.39, 0.29) is 5.69 Å². The third kappa shape index (κ3) is 1.98. The van der Waals surface area contributed by atoms with Crippen molar-refractivity contribution < 1.29 is 0 Å². The Bertz CT molecular complexity index is 829. The lowest BCUT2D eigenvalue weighted by Crippen LogP contribution is -2.22. The third-order valence-corrected chi connectivity index (χ3v) is 4.21. The monoisotopic (exact) mass is 335 g/mol. The number of halogens is 1. The van der Waals surface area contributed by atoms with E-state index in [4.69, 9.17) is 0 Å². The summed E-state index contributed by atoms with van der Waals surface area (Å²) in [5.41, 5.74) is 2.42. The molecule has 0 aliphatic carbocycles. The molecule has 0 spiro atoms. The van der Waals surface area contributed by atoms with Crippen molar-refractivity contribution >= 4 is 21.6 Å². The van der Waals surface area contributed by atoms with Gasteiger partial charge < -0.3 is 0 Å². The largest absolute Gasteiger partial charge is 0.350 e. The van der Waals surface area contributed by atoms with Crippen molar-refractivity contribution in [3.05, 3.63) is 50.7 Å². The summed E-state index contributed by atoms with van der Waals surface area (Å²) in [4.78, 5) is 12.3. The van der Waals surface area contributed by atoms with Crippen molar-refractivity contribution in [1.29, 1.82) is 0 Å². The van der Waals surface area contributed by atoms with Crippen LogP contribution in [0.1, 0.15) is 18.3 Å². The fraction of sp³-hybridized carbons (Fsp3) is 0.308. The lowest BCUT2D eigenvalue weighted by atomic mass is 10.3. The van der Waals surface area contributed by atoms with Crippen molar-refractivity contribution in [2.75, 3.05) is 0 Å². The van der Waals surface area contributed by atoms with Crippen LogP contribution in [0.15, 0.2) is 33.7 Å². The molecule has 7 heteroatoms. The predicted molar refractivity (Wildman–Crippen MR) is 78.8 cm³/mol. The van der Waals surface area contributed by atoms with E-state index in [1.54, 1.807) is 10.9 Å². The van der Waals surface area contributed by atoms with Gasteiger partial charge in [-0.2, -0.15) is 5.10 Å². The Labute approximate surface area is 123 Å². The van der Waals surface area contributed by atoms with Crippen molar-refractivity contribution in [3.8, 4) is 0 Å². The van der Waals surface area contributed by atoms with Crippen LogP contribution in [0.4, 0.5) is 0 Å². The number of aromatic nitrogens is 5. The van der Waals surface area contributed by atoms with Crippen molar-refractivity contribution in [3.63, 3.8) is 0 Å². The van der Waals surface area contributed by atoms with E-state index in [2.05, 4.69) is 26.1 Å². The summed E-state index contributed by atoms with van der Waals surface area (Å²) >= 11 is 3.55. The fourth-order valence-corrected chi connectivity index (χ4v) is 2.95. The van der Waals surface area contributed by atoms with Crippen LogP contribution in [0.3, 0.4) is 0 Å². The zero-order valence-corrected chi connectivity index (χ0v) is 12.8. The zero-order valence-electron chi connectivity index (χ0n) is 11.2. The van der Waals surface area contributed by atoms with E-state index >= 15 is 0 Å². The molecule has 0 radical (unpaired) electrons. The van der Waals surface area contributed by atoms with E-state index in [0.717, 1.165) is 22.3 Å². The Morgan fingerprint density at radius 1 is 1.30 bits per heavy atom. The van der Waals surface area contributed by atoms with Gasteiger partial charge in [0.15, 0.2) is 5.65 Å². The zero-order chi connectivity index (χ0) is 14.3. The second-order valence-corrected chi connectivity index (χ2v) is 5.35. The second-order valence-electron chi connectivity index (χ2n) is 4.55. The van der Waals surface area contributed by atoms with Crippen LogP contribution in [-0.2, 0) is 20.0 Å². The first-order valence-corrected chi connectivity index (χ1v) is 7.15. The summed E-state index contributed by atoms with van der Waals surface area (Å²) < 4.78 is 5.73. The minimum atomic E-state index is -0.147. The molecule has 0 amide bonds. The van der Waals surface area contributed by atoms with E-state index in [1.807, 2.05) is 32.2 Å². The Kier molecular flexibility index (Phi) is 3.21. The number of rotatable bonds is 3. The molecule has 0 atom stereocenters. The number of nitrogens with zero attached hydrogens (tertiary/aromatic N) is 5. The maximum atomic E-state index is 12.3. The van der Waals surface area contributed by atoms with Crippen LogP contribution in [0.2, 0.25) is 0 Å². The molecular formula is C13H14BrN5O. The molecular weight excluding hydrogens is 322 g/mol. The molecule has 0 unspecified atom stereocenters. The SMILES string of the molecule is CCc1nn(C)c(Cn2nc3ccccn3c2=O)c1Br. The molecule has 0 saturated carbocycles. The minimum Gasteiger partial charge on any atom is -0.269 e. The Balaban J connectivity index is 2.08. The maximum absolute atomic E-state index is 12.3. The van der Waals surface area contributed by atoms with E-state index in [0.29, 0.717) is 12.2 Å². The quantitative estimate of drug-likeness (QED) is 0.730. The first-order valence-electron chi connectivity index (χ1n) is 6.36. The number of hydrogen-bond donors (Lipinski definition) is 0. The molecule has 3 heterocycles. The van der Waals surface area contributed by atoms with Gasteiger partial charge in [0.05, 0.1) is 22.4 Å². The molecule has 0 bridgehead atoms. The lowest BCUT2D eigenvalue weighted by molar-refractivity contribution is 0.600. The van der Waals surface area contributed by atoms with E-state index in [1.165, 1.54) is 9.08 Å². The molecule has 0 N–H and O–H groups in total. The maximum Gasteiger partial charge on any atom is 0.350 e. The molecule has 20 heavy (non-hydrogen) atoms. The van der Waals surface area contributed by atoms with Crippen molar-refractivity contribution in [2.24, 2.45) is 7.05 Å². The van der Waals surface area contributed by atoms with E-state index in [9.17, 15) is 4.79 Å². The van der Waals surface area contributed by atoms with Gasteiger partial charge in [-0.1, -0.05) is 13.0 Å². The molecule has 3 rings (SSSR count). The molecule has 3 aromatic rings. The topological polar surface area (TPSA) is 57.1 Å². The lowest BCUT2D eigenvalue weighted by Gasteiger charge is -2.01. The van der Waals surface area contributed by atoms with Gasteiger partial charge in [0.2, 0.25) is 0 Å². The van der Waals surface area contributed by atoms with Gasteiger partial charge in [0.25, 0.3) is 0 Å². The van der Waals surface area contributed by atoms with Gasteiger partial charge in [0.1, 0.15) is 0 Å². The molecule has 0 saturated heterocycles. The Hall–Kier alpha value is -1.89. The number of aryl methyl sites for hydroxylation is 2. The average Bonchev–Trinajstić information content (AvgIpc) is 2.91. The number of fused-ring (bicyclic) bond motifs is 1. The smallest absolute Gasteiger partial charge is 0.269 e. The molecule has 0 aromatic carbocycles. The summed E-state index contributed by atoms with van der Waals surface area (Å²) in [5.74, 6) is 0. The summed E-state index contributed by atoms with van der Waals surface area (Å²) in [6.07, 6.45) is 2.56. The molecule has 104 valence electrons. The van der Waals surface area contributed by atoms with Gasteiger partial charge in [-0.05, 0) is 34.5 Å². The first kappa shape index (κ1) is 13.1. The Morgan fingerprint density at radius 2 is 2.10 bits per heavy atom. The predicted octanol–water partition coefficient (Wildman–Crippen LogP) is 1.60. The van der Waals surface area contributed by atoms with Crippen LogP contribution in [0, 0.1) is 0 Å². The average molecular weight is 336 g/mol. The van der Waals surface area contributed by atoms with Gasteiger partial charge in [0, 0.05) is 13.2 Å². The normalized spacial score (nSPS) is 11.3. The van der Waals surface area contributed by atoms with Gasteiger partial charge in [-0.25, -0.2) is 9.48 Å². The molecule has 3 aromatic heterocycles.